The molecule has 1 aliphatic heterocycles. The van der Waals surface area contributed by atoms with Crippen molar-refractivity contribution in [1.82, 2.24) is 15.2 Å². The standard InChI is InChI=1S/C19H26N4O2/c1-22(2)18-13-15(8-9-20-18)19(24)21-14-16(17-7-6-12-25-17)23-10-4-3-5-11-23/h6-9,12-13,16H,3-5,10-11,14H2,1-2H3,(H,21,24)/t16-/m0/s1. The second kappa shape index (κ2) is 8.16. The second-order valence-electron chi connectivity index (χ2n) is 6.64. The molecular weight excluding hydrogens is 316 g/mol. The second-order valence-corrected chi connectivity index (χ2v) is 6.64. The lowest BCUT2D eigenvalue weighted by molar-refractivity contribution is 0.0914. The zero-order valence-corrected chi connectivity index (χ0v) is 14.9. The first-order valence-electron chi connectivity index (χ1n) is 8.84. The maximum absolute atomic E-state index is 12.6. The van der Waals surface area contributed by atoms with Gasteiger partial charge >= 0.3 is 0 Å². The summed E-state index contributed by atoms with van der Waals surface area (Å²) in [5.41, 5.74) is 0.621. The molecule has 3 rings (SSSR count). The molecule has 0 radical (unpaired) electrons. The van der Waals surface area contributed by atoms with Crippen LogP contribution in [0.25, 0.3) is 0 Å². The van der Waals surface area contributed by atoms with Gasteiger partial charge in [0.05, 0.1) is 12.3 Å². The number of furan rings is 1. The number of amides is 1. The van der Waals surface area contributed by atoms with Gasteiger partial charge in [0.1, 0.15) is 11.6 Å². The topological polar surface area (TPSA) is 61.6 Å². The third-order valence-corrected chi connectivity index (χ3v) is 4.62. The molecule has 2 aromatic heterocycles. The van der Waals surface area contributed by atoms with Gasteiger partial charge in [0.2, 0.25) is 0 Å². The van der Waals surface area contributed by atoms with Crippen molar-refractivity contribution < 1.29 is 9.21 Å². The van der Waals surface area contributed by atoms with E-state index in [1.807, 2.05) is 31.1 Å². The van der Waals surface area contributed by atoms with Gasteiger partial charge in [-0.25, -0.2) is 4.98 Å². The van der Waals surface area contributed by atoms with Crippen LogP contribution in [-0.2, 0) is 0 Å². The number of likely N-dealkylation sites (tertiary alicyclic amines) is 1. The molecule has 0 unspecified atom stereocenters. The van der Waals surface area contributed by atoms with Crippen molar-refractivity contribution in [2.75, 3.05) is 38.6 Å². The van der Waals surface area contributed by atoms with E-state index in [2.05, 4.69) is 15.2 Å². The number of hydrogen-bond donors (Lipinski definition) is 1. The molecular formula is C19H26N4O2. The lowest BCUT2D eigenvalue weighted by atomic mass is 10.1. The molecule has 2 aromatic rings. The number of pyridine rings is 1. The molecule has 6 nitrogen and oxygen atoms in total. The van der Waals surface area contributed by atoms with Crippen LogP contribution in [0.4, 0.5) is 5.82 Å². The minimum Gasteiger partial charge on any atom is -0.468 e. The highest BCUT2D eigenvalue weighted by Gasteiger charge is 2.25. The van der Waals surface area contributed by atoms with Crippen molar-refractivity contribution in [3.05, 3.63) is 48.0 Å². The van der Waals surface area contributed by atoms with Crippen LogP contribution in [0.2, 0.25) is 0 Å². The zero-order valence-electron chi connectivity index (χ0n) is 14.9. The molecule has 1 fully saturated rings. The fourth-order valence-electron chi connectivity index (χ4n) is 3.22. The number of piperidine rings is 1. The Hall–Kier alpha value is -2.34. The van der Waals surface area contributed by atoms with Crippen LogP contribution in [0.3, 0.4) is 0 Å². The minimum absolute atomic E-state index is 0.0782. The number of carbonyl (C=O) groups excluding carboxylic acids is 1. The first kappa shape index (κ1) is 17.5. The van der Waals surface area contributed by atoms with E-state index in [9.17, 15) is 4.79 Å². The van der Waals surface area contributed by atoms with E-state index in [1.54, 1.807) is 24.6 Å². The van der Waals surface area contributed by atoms with E-state index in [0.29, 0.717) is 12.1 Å². The molecule has 3 heterocycles. The van der Waals surface area contributed by atoms with E-state index in [1.165, 1.54) is 19.3 Å². The van der Waals surface area contributed by atoms with E-state index < -0.39 is 0 Å². The summed E-state index contributed by atoms with van der Waals surface area (Å²) in [7, 11) is 3.82. The summed E-state index contributed by atoms with van der Waals surface area (Å²) in [6.45, 7) is 2.62. The Morgan fingerprint density at radius 3 is 2.80 bits per heavy atom. The highest BCUT2D eigenvalue weighted by Crippen LogP contribution is 2.24. The summed E-state index contributed by atoms with van der Waals surface area (Å²) in [6.07, 6.45) is 7.03. The zero-order chi connectivity index (χ0) is 17.6. The Kier molecular flexibility index (Phi) is 5.71. The molecule has 0 aliphatic carbocycles. The minimum atomic E-state index is -0.0842. The molecule has 1 aliphatic rings. The monoisotopic (exact) mass is 342 g/mol. The Morgan fingerprint density at radius 2 is 2.12 bits per heavy atom. The van der Waals surface area contributed by atoms with Gasteiger partial charge in [-0.2, -0.15) is 0 Å². The molecule has 1 N–H and O–H groups in total. The molecule has 25 heavy (non-hydrogen) atoms. The first-order valence-corrected chi connectivity index (χ1v) is 8.84. The molecule has 134 valence electrons. The van der Waals surface area contributed by atoms with Crippen molar-refractivity contribution in [1.29, 1.82) is 0 Å². The maximum atomic E-state index is 12.6. The van der Waals surface area contributed by atoms with Crippen LogP contribution in [0.5, 0.6) is 0 Å². The molecule has 0 aromatic carbocycles. The normalized spacial score (nSPS) is 16.4. The SMILES string of the molecule is CN(C)c1cc(C(=O)NC[C@@H](c2ccco2)N2CCCCC2)ccn1. The van der Waals surface area contributed by atoms with Crippen LogP contribution >= 0.6 is 0 Å². The Bertz CT molecular complexity index is 678. The van der Waals surface area contributed by atoms with Gasteiger partial charge in [0.25, 0.3) is 5.91 Å². The Balaban J connectivity index is 1.68. The molecule has 1 saturated heterocycles. The van der Waals surface area contributed by atoms with Gasteiger partial charge in [-0.05, 0) is 50.2 Å². The van der Waals surface area contributed by atoms with Gasteiger partial charge in [-0.15, -0.1) is 0 Å². The van der Waals surface area contributed by atoms with Gasteiger partial charge in [-0.1, -0.05) is 6.42 Å². The van der Waals surface area contributed by atoms with Crippen LogP contribution in [0.1, 0.15) is 41.4 Å². The van der Waals surface area contributed by atoms with Gasteiger partial charge in [0.15, 0.2) is 0 Å². The van der Waals surface area contributed by atoms with Crippen molar-refractivity contribution in [3.8, 4) is 0 Å². The number of nitrogens with zero attached hydrogens (tertiary/aromatic N) is 3. The quantitative estimate of drug-likeness (QED) is 0.874. The van der Waals surface area contributed by atoms with Gasteiger partial charge in [-0.3, -0.25) is 9.69 Å². The fourth-order valence-corrected chi connectivity index (χ4v) is 3.22. The Labute approximate surface area is 148 Å². The van der Waals surface area contributed by atoms with E-state index >= 15 is 0 Å². The molecule has 0 spiro atoms. The number of anilines is 1. The number of aromatic nitrogens is 1. The fraction of sp³-hybridized carbons (Fsp3) is 0.474. The van der Waals surface area contributed by atoms with Crippen molar-refractivity contribution in [2.45, 2.75) is 25.3 Å². The first-order chi connectivity index (χ1) is 12.1. The highest BCUT2D eigenvalue weighted by atomic mass is 16.3. The highest BCUT2D eigenvalue weighted by molar-refractivity contribution is 5.94. The van der Waals surface area contributed by atoms with Crippen molar-refractivity contribution >= 4 is 11.7 Å². The van der Waals surface area contributed by atoms with E-state index in [0.717, 1.165) is 24.7 Å². The third-order valence-electron chi connectivity index (χ3n) is 4.62. The summed E-state index contributed by atoms with van der Waals surface area (Å²) in [5, 5.41) is 3.06. The van der Waals surface area contributed by atoms with Crippen molar-refractivity contribution in [2.24, 2.45) is 0 Å². The Morgan fingerprint density at radius 1 is 1.32 bits per heavy atom. The average Bonchev–Trinajstić information content (AvgIpc) is 3.17. The number of carbonyl (C=O) groups is 1. The van der Waals surface area contributed by atoms with Crippen LogP contribution in [0.15, 0.2) is 41.1 Å². The average molecular weight is 342 g/mol. The smallest absolute Gasteiger partial charge is 0.251 e. The lowest BCUT2D eigenvalue weighted by Gasteiger charge is -2.33. The molecule has 1 amide bonds. The molecule has 6 heteroatoms. The number of rotatable bonds is 6. The predicted octanol–water partition coefficient (Wildman–Crippen LogP) is 2.70. The summed E-state index contributed by atoms with van der Waals surface area (Å²) in [6, 6.07) is 7.51. The van der Waals surface area contributed by atoms with E-state index in [-0.39, 0.29) is 11.9 Å². The summed E-state index contributed by atoms with van der Waals surface area (Å²) >= 11 is 0. The molecule has 0 saturated carbocycles. The van der Waals surface area contributed by atoms with Gasteiger partial charge in [0, 0.05) is 32.4 Å². The van der Waals surface area contributed by atoms with Crippen molar-refractivity contribution in [3.63, 3.8) is 0 Å². The van der Waals surface area contributed by atoms with E-state index in [4.69, 9.17) is 4.42 Å². The van der Waals surface area contributed by atoms with Crippen LogP contribution < -0.4 is 10.2 Å². The third kappa shape index (κ3) is 4.39. The summed E-state index contributed by atoms with van der Waals surface area (Å²) in [5.74, 6) is 1.59. The number of nitrogens with one attached hydrogen (secondary N) is 1. The molecule has 0 bridgehead atoms. The largest absolute Gasteiger partial charge is 0.468 e. The summed E-state index contributed by atoms with van der Waals surface area (Å²) in [4.78, 5) is 21.1. The predicted molar refractivity (Wildman–Crippen MR) is 97.8 cm³/mol. The lowest BCUT2D eigenvalue weighted by Crippen LogP contribution is -2.40. The van der Waals surface area contributed by atoms with Crippen LogP contribution in [-0.4, -0.2) is 49.5 Å². The van der Waals surface area contributed by atoms with Gasteiger partial charge < -0.3 is 14.6 Å². The number of hydrogen-bond acceptors (Lipinski definition) is 5. The maximum Gasteiger partial charge on any atom is 0.251 e. The molecule has 1 atom stereocenters. The van der Waals surface area contributed by atoms with Crippen LogP contribution in [0, 0.1) is 0 Å². The summed E-state index contributed by atoms with van der Waals surface area (Å²) < 4.78 is 5.63.